The van der Waals surface area contributed by atoms with E-state index in [4.69, 9.17) is 9.84 Å². The number of hydrogen-bond donors (Lipinski definition) is 2. The van der Waals surface area contributed by atoms with E-state index in [1.807, 2.05) is 13.8 Å². The number of carboxylic acid groups (broad SMARTS) is 1. The average molecular weight is 261 g/mol. The van der Waals surface area contributed by atoms with E-state index in [9.17, 15) is 14.4 Å². The molecule has 6 nitrogen and oxygen atoms in total. The summed E-state index contributed by atoms with van der Waals surface area (Å²) in [5, 5.41) is 10.7. The Morgan fingerprint density at radius 3 is 1.94 bits per heavy atom. The van der Waals surface area contributed by atoms with E-state index in [2.05, 4.69) is 5.32 Å². The first-order valence-corrected chi connectivity index (χ1v) is 5.85. The maximum Gasteiger partial charge on any atom is 0.326 e. The van der Waals surface area contributed by atoms with Crippen molar-refractivity contribution in [2.24, 2.45) is 5.92 Å². The lowest BCUT2D eigenvalue weighted by Crippen LogP contribution is -2.39. The van der Waals surface area contributed by atoms with Gasteiger partial charge in [0.2, 0.25) is 6.41 Å². The van der Waals surface area contributed by atoms with E-state index in [0.717, 1.165) is 6.42 Å². The number of ether oxygens (including phenoxy) is 1. The Bertz CT molecular complexity index is 265. The number of carboxylic acids is 1. The highest BCUT2D eigenvalue weighted by molar-refractivity contribution is 5.76. The van der Waals surface area contributed by atoms with Crippen molar-refractivity contribution >= 4 is 18.3 Å². The Morgan fingerprint density at radius 1 is 1.33 bits per heavy atom. The van der Waals surface area contributed by atoms with E-state index in [-0.39, 0.29) is 18.0 Å². The number of amides is 1. The van der Waals surface area contributed by atoms with Gasteiger partial charge in [-0.25, -0.2) is 4.79 Å². The van der Waals surface area contributed by atoms with E-state index in [1.165, 1.54) is 6.92 Å². The molecule has 18 heavy (non-hydrogen) atoms. The summed E-state index contributed by atoms with van der Waals surface area (Å²) in [5.74, 6) is -1.27. The van der Waals surface area contributed by atoms with Crippen molar-refractivity contribution in [1.29, 1.82) is 0 Å². The predicted molar refractivity (Wildman–Crippen MR) is 67.0 cm³/mol. The molecule has 0 heterocycles. The first-order valence-electron chi connectivity index (χ1n) is 5.85. The van der Waals surface area contributed by atoms with Crippen LogP contribution < -0.4 is 5.32 Å². The summed E-state index contributed by atoms with van der Waals surface area (Å²) in [5.41, 5.74) is 0. The number of hydrogen-bond acceptors (Lipinski definition) is 4. The zero-order valence-corrected chi connectivity index (χ0v) is 11.6. The van der Waals surface area contributed by atoms with Crippen LogP contribution in [0.5, 0.6) is 0 Å². The molecule has 0 aliphatic heterocycles. The molecule has 0 aromatic rings. The summed E-state index contributed by atoms with van der Waals surface area (Å²) in [7, 11) is 0. The van der Waals surface area contributed by atoms with Crippen molar-refractivity contribution < 1.29 is 24.2 Å². The molecule has 2 N–H and O–H groups in total. The summed E-state index contributed by atoms with van der Waals surface area (Å²) in [4.78, 5) is 30.4. The van der Waals surface area contributed by atoms with Crippen LogP contribution in [-0.2, 0) is 19.1 Å². The van der Waals surface area contributed by atoms with Gasteiger partial charge < -0.3 is 15.2 Å². The fourth-order valence-electron chi connectivity index (χ4n) is 0.989. The third kappa shape index (κ3) is 10.9. The van der Waals surface area contributed by atoms with E-state index >= 15 is 0 Å². The first kappa shape index (κ1) is 18.8. The third-order valence-electron chi connectivity index (χ3n) is 2.12. The number of aliphatic carboxylic acids is 1. The summed E-state index contributed by atoms with van der Waals surface area (Å²) >= 11 is 0. The highest BCUT2D eigenvalue weighted by Gasteiger charge is 2.19. The molecule has 0 aliphatic carbocycles. The van der Waals surface area contributed by atoms with Crippen molar-refractivity contribution in [1.82, 2.24) is 5.32 Å². The molecule has 106 valence electrons. The Balaban J connectivity index is 0. The van der Waals surface area contributed by atoms with Crippen LogP contribution in [0.4, 0.5) is 0 Å². The molecule has 0 saturated carbocycles. The Hall–Kier alpha value is -1.59. The van der Waals surface area contributed by atoms with Gasteiger partial charge in [-0.2, -0.15) is 0 Å². The van der Waals surface area contributed by atoms with Crippen LogP contribution in [0.15, 0.2) is 0 Å². The monoisotopic (exact) mass is 261 g/mol. The van der Waals surface area contributed by atoms with Crippen LogP contribution in [-0.4, -0.2) is 35.6 Å². The fourth-order valence-corrected chi connectivity index (χ4v) is 0.989. The molecule has 0 spiro atoms. The maximum atomic E-state index is 10.3. The molecule has 0 fully saturated rings. The molecular weight excluding hydrogens is 238 g/mol. The molecular formula is C12H23NO5. The van der Waals surface area contributed by atoms with Gasteiger partial charge in [-0.1, -0.05) is 20.8 Å². The summed E-state index contributed by atoms with van der Waals surface area (Å²) in [6, 6.07) is -0.766. The van der Waals surface area contributed by atoms with Gasteiger partial charge >= 0.3 is 11.9 Å². The standard InChI is InChI=1S/C6H11NO3.C6H12O2/c1-4(2)5(6(9)10)7-3-8;1-4-5(2)8-6(3)7/h3-5H,1-2H3,(H,7,8)(H,9,10);5H,4H2,1-3H3. The highest BCUT2D eigenvalue weighted by atomic mass is 16.5. The molecule has 0 aromatic carbocycles. The second-order valence-corrected chi connectivity index (χ2v) is 4.17. The smallest absolute Gasteiger partial charge is 0.326 e. The van der Waals surface area contributed by atoms with Crippen LogP contribution in [0.25, 0.3) is 0 Å². The molecule has 0 aromatic heterocycles. The minimum absolute atomic E-state index is 0.0764. The van der Waals surface area contributed by atoms with Gasteiger partial charge in [-0.15, -0.1) is 0 Å². The van der Waals surface area contributed by atoms with Crippen LogP contribution in [0.3, 0.4) is 0 Å². The van der Waals surface area contributed by atoms with E-state index < -0.39 is 12.0 Å². The Morgan fingerprint density at radius 2 is 1.83 bits per heavy atom. The molecule has 6 heteroatoms. The van der Waals surface area contributed by atoms with Crippen molar-refractivity contribution in [3.05, 3.63) is 0 Å². The molecule has 2 unspecified atom stereocenters. The lowest BCUT2D eigenvalue weighted by atomic mass is 10.1. The molecule has 2 atom stereocenters. The van der Waals surface area contributed by atoms with Crippen molar-refractivity contribution in [2.45, 2.75) is 53.2 Å². The second-order valence-electron chi connectivity index (χ2n) is 4.17. The number of nitrogens with one attached hydrogen (secondary N) is 1. The average Bonchev–Trinajstić information content (AvgIpc) is 2.24. The van der Waals surface area contributed by atoms with Crippen LogP contribution in [0.2, 0.25) is 0 Å². The zero-order valence-electron chi connectivity index (χ0n) is 11.6. The molecule has 1 amide bonds. The van der Waals surface area contributed by atoms with Crippen LogP contribution in [0.1, 0.15) is 41.0 Å². The number of esters is 1. The number of rotatable bonds is 6. The normalized spacial score (nSPS) is 12.8. The quantitative estimate of drug-likeness (QED) is 0.553. The summed E-state index contributed by atoms with van der Waals surface area (Å²) in [6.07, 6.45) is 1.37. The van der Waals surface area contributed by atoms with Crippen LogP contribution in [0, 0.1) is 5.92 Å². The fraction of sp³-hybridized carbons (Fsp3) is 0.750. The Kier molecular flexibility index (Phi) is 11.0. The lowest BCUT2D eigenvalue weighted by molar-refractivity contribution is -0.145. The lowest BCUT2D eigenvalue weighted by Gasteiger charge is -2.13. The van der Waals surface area contributed by atoms with Crippen molar-refractivity contribution in [2.75, 3.05) is 0 Å². The third-order valence-corrected chi connectivity index (χ3v) is 2.12. The van der Waals surface area contributed by atoms with Gasteiger partial charge in [0.25, 0.3) is 0 Å². The maximum absolute atomic E-state index is 10.3. The van der Waals surface area contributed by atoms with Gasteiger partial charge in [0.15, 0.2) is 0 Å². The number of carbonyl (C=O) groups is 3. The van der Waals surface area contributed by atoms with Crippen molar-refractivity contribution in [3.8, 4) is 0 Å². The molecule has 0 rings (SSSR count). The molecule has 0 saturated heterocycles. The van der Waals surface area contributed by atoms with Gasteiger partial charge in [0, 0.05) is 6.92 Å². The summed E-state index contributed by atoms with van der Waals surface area (Å²) < 4.78 is 4.76. The second kappa shape index (κ2) is 10.6. The van der Waals surface area contributed by atoms with Gasteiger partial charge in [0.05, 0.1) is 6.10 Å². The van der Waals surface area contributed by atoms with Gasteiger partial charge in [-0.3, -0.25) is 9.59 Å². The van der Waals surface area contributed by atoms with E-state index in [0.29, 0.717) is 6.41 Å². The van der Waals surface area contributed by atoms with Gasteiger partial charge in [0.1, 0.15) is 6.04 Å². The minimum atomic E-state index is -0.998. The first-order chi connectivity index (χ1) is 8.26. The molecule has 0 aliphatic rings. The topological polar surface area (TPSA) is 92.7 Å². The molecule has 0 radical (unpaired) electrons. The SMILES string of the molecule is CC(C)C(NC=O)C(=O)O.CCC(C)OC(C)=O. The zero-order chi connectivity index (χ0) is 14.7. The predicted octanol–water partition coefficient (Wildman–Crippen LogP) is 1.19. The largest absolute Gasteiger partial charge is 0.480 e. The minimum Gasteiger partial charge on any atom is -0.480 e. The van der Waals surface area contributed by atoms with Crippen molar-refractivity contribution in [3.63, 3.8) is 0 Å². The summed E-state index contributed by atoms with van der Waals surface area (Å²) in [6.45, 7) is 8.74. The van der Waals surface area contributed by atoms with Crippen LogP contribution >= 0.6 is 0 Å². The molecule has 0 bridgehead atoms. The highest BCUT2D eigenvalue weighted by Crippen LogP contribution is 1.99. The Labute approximate surface area is 108 Å². The van der Waals surface area contributed by atoms with Gasteiger partial charge in [-0.05, 0) is 19.3 Å². The number of carbonyl (C=O) groups excluding carboxylic acids is 2. The van der Waals surface area contributed by atoms with E-state index in [1.54, 1.807) is 13.8 Å².